The van der Waals surface area contributed by atoms with Gasteiger partial charge in [0.2, 0.25) is 5.91 Å². The second kappa shape index (κ2) is 6.01. The van der Waals surface area contributed by atoms with Gasteiger partial charge in [-0.2, -0.15) is 0 Å². The third kappa shape index (κ3) is 3.57. The van der Waals surface area contributed by atoms with E-state index in [4.69, 9.17) is 0 Å². The van der Waals surface area contributed by atoms with E-state index in [-0.39, 0.29) is 5.91 Å². The summed E-state index contributed by atoms with van der Waals surface area (Å²) < 4.78 is 0. The molecule has 0 bridgehead atoms. The van der Waals surface area contributed by atoms with Gasteiger partial charge in [0.1, 0.15) is 0 Å². The number of rotatable bonds is 4. The quantitative estimate of drug-likeness (QED) is 0.852. The van der Waals surface area contributed by atoms with Gasteiger partial charge in [-0.15, -0.1) is 0 Å². The van der Waals surface area contributed by atoms with Crippen molar-refractivity contribution in [2.75, 3.05) is 13.1 Å². The van der Waals surface area contributed by atoms with Crippen LogP contribution >= 0.6 is 0 Å². The maximum atomic E-state index is 11.8. The molecule has 1 atom stereocenters. The molecule has 1 amide bonds. The van der Waals surface area contributed by atoms with Crippen LogP contribution in [0.25, 0.3) is 0 Å². The highest BCUT2D eigenvalue weighted by molar-refractivity contribution is 5.76. The third-order valence-corrected chi connectivity index (χ3v) is 3.62. The van der Waals surface area contributed by atoms with Gasteiger partial charge in [0.25, 0.3) is 0 Å². The molecule has 1 fully saturated rings. The predicted molar refractivity (Wildman–Crippen MR) is 73.4 cm³/mol. The first-order chi connectivity index (χ1) is 8.65. The Bertz CT molecular complexity index is 423. The smallest absolute Gasteiger partial charge is 0.220 e. The molecule has 1 saturated heterocycles. The minimum absolute atomic E-state index is 0.171. The van der Waals surface area contributed by atoms with Crippen molar-refractivity contribution in [1.82, 2.24) is 10.6 Å². The Hall–Kier alpha value is -1.35. The van der Waals surface area contributed by atoms with Crippen LogP contribution in [-0.2, 0) is 11.3 Å². The van der Waals surface area contributed by atoms with E-state index < -0.39 is 0 Å². The molecular formula is C15H22N2O. The van der Waals surface area contributed by atoms with Crippen LogP contribution < -0.4 is 10.6 Å². The Kier molecular flexibility index (Phi) is 4.37. The highest BCUT2D eigenvalue weighted by Gasteiger charge is 2.17. The van der Waals surface area contributed by atoms with E-state index in [9.17, 15) is 4.79 Å². The summed E-state index contributed by atoms with van der Waals surface area (Å²) in [6, 6.07) is 6.36. The summed E-state index contributed by atoms with van der Waals surface area (Å²) in [7, 11) is 0. The number of benzene rings is 1. The minimum Gasteiger partial charge on any atom is -0.352 e. The molecule has 1 heterocycles. The van der Waals surface area contributed by atoms with E-state index >= 15 is 0 Å². The fourth-order valence-electron chi connectivity index (χ4n) is 2.41. The average molecular weight is 246 g/mol. The molecular weight excluding hydrogens is 224 g/mol. The van der Waals surface area contributed by atoms with Crippen molar-refractivity contribution < 1.29 is 4.79 Å². The number of amides is 1. The van der Waals surface area contributed by atoms with Crippen molar-refractivity contribution in [3.63, 3.8) is 0 Å². The van der Waals surface area contributed by atoms with Crippen LogP contribution in [-0.4, -0.2) is 19.0 Å². The van der Waals surface area contributed by atoms with E-state index in [1.54, 1.807) is 0 Å². The fourth-order valence-corrected chi connectivity index (χ4v) is 2.41. The predicted octanol–water partition coefficient (Wildman–Crippen LogP) is 1.92. The molecule has 1 aliphatic rings. The number of aryl methyl sites for hydroxylation is 2. The van der Waals surface area contributed by atoms with Gasteiger partial charge in [0.05, 0.1) is 0 Å². The van der Waals surface area contributed by atoms with Crippen LogP contribution in [0.4, 0.5) is 0 Å². The van der Waals surface area contributed by atoms with E-state index in [0.717, 1.165) is 19.5 Å². The molecule has 1 aromatic rings. The zero-order valence-corrected chi connectivity index (χ0v) is 11.3. The molecule has 98 valence electrons. The molecule has 1 aromatic carbocycles. The summed E-state index contributed by atoms with van der Waals surface area (Å²) in [6.45, 7) is 6.84. The number of carbonyl (C=O) groups excluding carboxylic acids is 1. The summed E-state index contributed by atoms with van der Waals surface area (Å²) in [5.74, 6) is 0.688. The molecule has 0 radical (unpaired) electrons. The van der Waals surface area contributed by atoms with Crippen molar-refractivity contribution in [2.45, 2.75) is 33.2 Å². The highest BCUT2D eigenvalue weighted by Crippen LogP contribution is 2.13. The summed E-state index contributed by atoms with van der Waals surface area (Å²) in [6.07, 6.45) is 1.77. The zero-order valence-electron chi connectivity index (χ0n) is 11.3. The number of carbonyl (C=O) groups is 1. The van der Waals surface area contributed by atoms with E-state index in [1.165, 1.54) is 16.7 Å². The second-order valence-electron chi connectivity index (χ2n) is 5.27. The lowest BCUT2D eigenvalue weighted by molar-refractivity contribution is -0.122. The van der Waals surface area contributed by atoms with Gasteiger partial charge < -0.3 is 10.6 Å². The van der Waals surface area contributed by atoms with Gasteiger partial charge >= 0.3 is 0 Å². The van der Waals surface area contributed by atoms with Crippen molar-refractivity contribution in [2.24, 2.45) is 5.92 Å². The molecule has 2 rings (SSSR count). The average Bonchev–Trinajstić information content (AvgIpc) is 2.83. The molecule has 0 saturated carbocycles. The Labute approximate surface area is 109 Å². The van der Waals surface area contributed by atoms with Crippen LogP contribution in [0, 0.1) is 19.8 Å². The molecule has 18 heavy (non-hydrogen) atoms. The minimum atomic E-state index is 0.171. The molecule has 0 spiro atoms. The molecule has 1 unspecified atom stereocenters. The number of nitrogens with one attached hydrogen (secondary N) is 2. The largest absolute Gasteiger partial charge is 0.352 e. The van der Waals surface area contributed by atoms with Gasteiger partial charge in [0, 0.05) is 13.0 Å². The van der Waals surface area contributed by atoms with Crippen LogP contribution in [0.1, 0.15) is 29.5 Å². The maximum absolute atomic E-state index is 11.8. The van der Waals surface area contributed by atoms with Crippen LogP contribution in [0.3, 0.4) is 0 Å². The first-order valence-electron chi connectivity index (χ1n) is 6.68. The van der Waals surface area contributed by atoms with Crippen molar-refractivity contribution in [3.05, 3.63) is 34.9 Å². The van der Waals surface area contributed by atoms with Gasteiger partial charge in [-0.1, -0.05) is 23.8 Å². The van der Waals surface area contributed by atoms with Gasteiger partial charge in [-0.3, -0.25) is 4.79 Å². The molecule has 0 aliphatic carbocycles. The lowest BCUT2D eigenvalue weighted by Gasteiger charge is -2.11. The lowest BCUT2D eigenvalue weighted by Crippen LogP contribution is -2.26. The van der Waals surface area contributed by atoms with Crippen LogP contribution in [0.2, 0.25) is 0 Å². The third-order valence-electron chi connectivity index (χ3n) is 3.62. The topological polar surface area (TPSA) is 41.1 Å². The Balaban J connectivity index is 1.83. The molecule has 0 aromatic heterocycles. The molecule has 3 heteroatoms. The monoisotopic (exact) mass is 246 g/mol. The van der Waals surface area contributed by atoms with Gasteiger partial charge in [0.15, 0.2) is 0 Å². The zero-order chi connectivity index (χ0) is 13.0. The molecule has 1 aliphatic heterocycles. The summed E-state index contributed by atoms with van der Waals surface area (Å²) in [5.41, 5.74) is 3.70. The van der Waals surface area contributed by atoms with Crippen molar-refractivity contribution >= 4 is 5.91 Å². The standard InChI is InChI=1S/C15H22N2O/c1-11-3-4-12(2)14(7-11)10-17-15(18)8-13-5-6-16-9-13/h3-4,7,13,16H,5-6,8-10H2,1-2H3,(H,17,18). The lowest BCUT2D eigenvalue weighted by atomic mass is 10.0. The summed E-state index contributed by atoms with van der Waals surface area (Å²) in [4.78, 5) is 11.8. The Morgan fingerprint density at radius 2 is 2.28 bits per heavy atom. The first-order valence-corrected chi connectivity index (χ1v) is 6.68. The van der Waals surface area contributed by atoms with Crippen LogP contribution in [0.15, 0.2) is 18.2 Å². The van der Waals surface area contributed by atoms with E-state index in [0.29, 0.717) is 18.9 Å². The summed E-state index contributed by atoms with van der Waals surface area (Å²) >= 11 is 0. The molecule has 2 N–H and O–H groups in total. The normalized spacial score (nSPS) is 18.9. The van der Waals surface area contributed by atoms with Crippen molar-refractivity contribution in [1.29, 1.82) is 0 Å². The van der Waals surface area contributed by atoms with Gasteiger partial charge in [-0.25, -0.2) is 0 Å². The van der Waals surface area contributed by atoms with Crippen molar-refractivity contribution in [3.8, 4) is 0 Å². The molecule has 3 nitrogen and oxygen atoms in total. The maximum Gasteiger partial charge on any atom is 0.220 e. The fraction of sp³-hybridized carbons (Fsp3) is 0.533. The second-order valence-corrected chi connectivity index (χ2v) is 5.27. The first kappa shape index (κ1) is 13.1. The van der Waals surface area contributed by atoms with E-state index in [2.05, 4.69) is 42.7 Å². The van der Waals surface area contributed by atoms with Crippen LogP contribution in [0.5, 0.6) is 0 Å². The summed E-state index contributed by atoms with van der Waals surface area (Å²) in [5, 5.41) is 6.32. The Morgan fingerprint density at radius 1 is 1.44 bits per heavy atom. The highest BCUT2D eigenvalue weighted by atomic mass is 16.1. The Morgan fingerprint density at radius 3 is 3.00 bits per heavy atom. The van der Waals surface area contributed by atoms with E-state index in [1.807, 2.05) is 0 Å². The van der Waals surface area contributed by atoms with Gasteiger partial charge in [-0.05, 0) is 50.4 Å². The number of hydrogen-bond donors (Lipinski definition) is 2. The number of hydrogen-bond acceptors (Lipinski definition) is 2. The SMILES string of the molecule is Cc1ccc(C)c(CNC(=O)CC2CCNC2)c1.